The van der Waals surface area contributed by atoms with E-state index in [0.29, 0.717) is 36.2 Å². The van der Waals surface area contributed by atoms with Gasteiger partial charge in [-0.3, -0.25) is 0 Å². The number of hydrogen-bond acceptors (Lipinski definition) is 3. The van der Waals surface area contributed by atoms with Gasteiger partial charge in [-0.1, -0.05) is 17.7 Å². The zero-order valence-corrected chi connectivity index (χ0v) is 9.09. The van der Waals surface area contributed by atoms with Crippen LogP contribution in [0.15, 0.2) is 12.1 Å². The van der Waals surface area contributed by atoms with Crippen LogP contribution < -0.4 is 9.47 Å². The number of fused-ring (bicyclic) bond motifs is 1. The quantitative estimate of drug-likeness (QED) is 0.842. The number of halogens is 1. The second kappa shape index (κ2) is 4.73. The van der Waals surface area contributed by atoms with Gasteiger partial charge >= 0.3 is 0 Å². The van der Waals surface area contributed by atoms with Gasteiger partial charge in [-0.25, -0.2) is 0 Å². The minimum atomic E-state index is 0.0827. The highest BCUT2D eigenvalue weighted by atomic mass is 35.5. The molecule has 1 heterocycles. The van der Waals surface area contributed by atoms with E-state index in [0.717, 1.165) is 12.0 Å². The van der Waals surface area contributed by atoms with Crippen LogP contribution in [0.1, 0.15) is 12.0 Å². The maximum atomic E-state index is 8.87. The molecule has 0 saturated heterocycles. The van der Waals surface area contributed by atoms with Crippen LogP contribution in [0.5, 0.6) is 11.5 Å². The highest BCUT2D eigenvalue weighted by Gasteiger charge is 2.16. The van der Waals surface area contributed by atoms with Crippen molar-refractivity contribution in [2.45, 2.75) is 12.8 Å². The molecule has 0 saturated carbocycles. The summed E-state index contributed by atoms with van der Waals surface area (Å²) in [4.78, 5) is 0. The van der Waals surface area contributed by atoms with E-state index < -0.39 is 0 Å². The molecule has 2 rings (SSSR count). The van der Waals surface area contributed by atoms with Gasteiger partial charge in [0.25, 0.3) is 0 Å². The third kappa shape index (κ3) is 2.19. The summed E-state index contributed by atoms with van der Waals surface area (Å²) in [7, 11) is 0. The van der Waals surface area contributed by atoms with E-state index >= 15 is 0 Å². The van der Waals surface area contributed by atoms with Crippen molar-refractivity contribution in [2.75, 3.05) is 19.8 Å². The summed E-state index contributed by atoms with van der Waals surface area (Å²) in [5.41, 5.74) is 0.892. The zero-order chi connectivity index (χ0) is 10.7. The molecular weight excluding hydrogens is 216 g/mol. The minimum Gasteiger partial charge on any atom is -0.490 e. The number of benzene rings is 1. The van der Waals surface area contributed by atoms with Gasteiger partial charge in [0.15, 0.2) is 11.5 Å². The highest BCUT2D eigenvalue weighted by molar-refractivity contribution is 6.33. The Hall–Kier alpha value is -0.930. The fourth-order valence-electron chi connectivity index (χ4n) is 1.56. The maximum absolute atomic E-state index is 8.87. The first kappa shape index (κ1) is 10.6. The molecule has 0 aromatic heterocycles. The van der Waals surface area contributed by atoms with Crippen LogP contribution in [0.25, 0.3) is 0 Å². The van der Waals surface area contributed by atoms with Gasteiger partial charge < -0.3 is 14.6 Å². The van der Waals surface area contributed by atoms with Crippen LogP contribution in [-0.2, 0) is 6.42 Å². The summed E-state index contributed by atoms with van der Waals surface area (Å²) in [5, 5.41) is 9.43. The van der Waals surface area contributed by atoms with E-state index in [1.54, 1.807) is 0 Å². The molecule has 0 bridgehead atoms. The molecule has 0 unspecified atom stereocenters. The largest absolute Gasteiger partial charge is 0.490 e. The first-order chi connectivity index (χ1) is 7.33. The van der Waals surface area contributed by atoms with Gasteiger partial charge in [-0.2, -0.15) is 0 Å². The Morgan fingerprint density at radius 1 is 1.27 bits per heavy atom. The monoisotopic (exact) mass is 228 g/mol. The van der Waals surface area contributed by atoms with Gasteiger partial charge in [0.2, 0.25) is 0 Å². The van der Waals surface area contributed by atoms with Gasteiger partial charge in [-0.05, 0) is 18.1 Å². The van der Waals surface area contributed by atoms with Gasteiger partial charge in [-0.15, -0.1) is 0 Å². The second-order valence-corrected chi connectivity index (χ2v) is 3.77. The second-order valence-electron chi connectivity index (χ2n) is 3.39. The molecule has 1 N–H and O–H groups in total. The van der Waals surface area contributed by atoms with Crippen molar-refractivity contribution < 1.29 is 14.6 Å². The van der Waals surface area contributed by atoms with Crippen molar-refractivity contribution in [3.63, 3.8) is 0 Å². The molecule has 1 aliphatic rings. The molecule has 1 aliphatic heterocycles. The Labute approximate surface area is 93.6 Å². The molecule has 0 amide bonds. The first-order valence-corrected chi connectivity index (χ1v) is 5.38. The normalized spacial score (nSPS) is 14.8. The van der Waals surface area contributed by atoms with Crippen molar-refractivity contribution in [1.82, 2.24) is 0 Å². The first-order valence-electron chi connectivity index (χ1n) is 5.01. The molecular formula is C11H13ClO3. The molecule has 1 aromatic carbocycles. The summed E-state index contributed by atoms with van der Waals surface area (Å²) in [6.45, 7) is 1.36. The lowest BCUT2D eigenvalue weighted by atomic mass is 10.1. The average Bonchev–Trinajstić information content (AvgIpc) is 2.48. The summed E-state index contributed by atoms with van der Waals surface area (Å²) >= 11 is 6.16. The zero-order valence-electron chi connectivity index (χ0n) is 8.33. The highest BCUT2D eigenvalue weighted by Crippen LogP contribution is 2.39. The Bertz CT molecular complexity index is 352. The van der Waals surface area contributed by atoms with Crippen molar-refractivity contribution in [3.8, 4) is 11.5 Å². The Morgan fingerprint density at radius 2 is 2.07 bits per heavy atom. The van der Waals surface area contributed by atoms with Crippen LogP contribution in [0.3, 0.4) is 0 Å². The standard InChI is InChI=1S/C11H13ClO3/c12-10-8(4-5-13)2-3-9-11(10)15-7-1-6-14-9/h2-3,13H,1,4-7H2. The number of aliphatic hydroxyl groups excluding tert-OH is 1. The maximum Gasteiger partial charge on any atom is 0.180 e. The average molecular weight is 229 g/mol. The summed E-state index contributed by atoms with van der Waals surface area (Å²) in [5.74, 6) is 1.30. The molecule has 0 radical (unpaired) electrons. The van der Waals surface area contributed by atoms with Gasteiger partial charge in [0.1, 0.15) is 0 Å². The molecule has 1 aromatic rings. The van der Waals surface area contributed by atoms with Crippen molar-refractivity contribution in [2.24, 2.45) is 0 Å². The van der Waals surface area contributed by atoms with E-state index in [2.05, 4.69) is 0 Å². The molecule has 0 spiro atoms. The fraction of sp³-hybridized carbons (Fsp3) is 0.455. The predicted octanol–water partition coefficient (Wildman–Crippen LogP) is 2.04. The van der Waals surface area contributed by atoms with Crippen LogP contribution in [-0.4, -0.2) is 24.9 Å². The lowest BCUT2D eigenvalue weighted by Crippen LogP contribution is -1.98. The van der Waals surface area contributed by atoms with Crippen molar-refractivity contribution in [1.29, 1.82) is 0 Å². The lowest BCUT2D eigenvalue weighted by molar-refractivity contribution is 0.296. The van der Waals surface area contributed by atoms with Crippen LogP contribution in [0.4, 0.5) is 0 Å². The molecule has 0 aliphatic carbocycles. The topological polar surface area (TPSA) is 38.7 Å². The molecule has 0 atom stereocenters. The Kier molecular flexibility index (Phi) is 3.34. The van der Waals surface area contributed by atoms with E-state index in [1.807, 2.05) is 12.1 Å². The number of rotatable bonds is 2. The summed E-state index contributed by atoms with van der Waals surface area (Å²) < 4.78 is 11.0. The fourth-order valence-corrected chi connectivity index (χ4v) is 1.86. The van der Waals surface area contributed by atoms with E-state index in [-0.39, 0.29) is 6.61 Å². The predicted molar refractivity (Wildman–Crippen MR) is 57.8 cm³/mol. The van der Waals surface area contributed by atoms with E-state index in [1.165, 1.54) is 0 Å². The number of aliphatic hydroxyl groups is 1. The number of ether oxygens (including phenoxy) is 2. The SMILES string of the molecule is OCCc1ccc2c(c1Cl)OCCCO2. The number of hydrogen-bond donors (Lipinski definition) is 1. The van der Waals surface area contributed by atoms with Crippen LogP contribution >= 0.6 is 11.6 Å². The van der Waals surface area contributed by atoms with Gasteiger partial charge in [0, 0.05) is 13.0 Å². The molecule has 82 valence electrons. The lowest BCUT2D eigenvalue weighted by Gasteiger charge is -2.11. The van der Waals surface area contributed by atoms with Crippen LogP contribution in [0, 0.1) is 0 Å². The van der Waals surface area contributed by atoms with Crippen molar-refractivity contribution in [3.05, 3.63) is 22.7 Å². The Morgan fingerprint density at radius 3 is 2.87 bits per heavy atom. The molecule has 4 heteroatoms. The molecule has 15 heavy (non-hydrogen) atoms. The minimum absolute atomic E-state index is 0.0827. The Balaban J connectivity index is 2.36. The smallest absolute Gasteiger partial charge is 0.180 e. The third-order valence-electron chi connectivity index (χ3n) is 2.31. The van der Waals surface area contributed by atoms with E-state index in [4.69, 9.17) is 26.2 Å². The summed E-state index contributed by atoms with van der Waals surface area (Å²) in [6.07, 6.45) is 1.40. The third-order valence-corrected chi connectivity index (χ3v) is 2.73. The van der Waals surface area contributed by atoms with Crippen LogP contribution in [0.2, 0.25) is 5.02 Å². The molecule has 3 nitrogen and oxygen atoms in total. The van der Waals surface area contributed by atoms with Gasteiger partial charge in [0.05, 0.1) is 18.2 Å². The summed E-state index contributed by atoms with van der Waals surface area (Å²) in [6, 6.07) is 3.71. The van der Waals surface area contributed by atoms with E-state index in [9.17, 15) is 0 Å². The van der Waals surface area contributed by atoms with Crippen molar-refractivity contribution >= 4 is 11.6 Å². The molecule has 0 fully saturated rings.